The Labute approximate surface area is 49.1 Å². The molecule has 0 aromatic carbocycles. The van der Waals surface area contributed by atoms with Crippen LogP contribution in [-0.4, -0.2) is 19.5 Å². The third-order valence-electron chi connectivity index (χ3n) is 0.652. The zero-order valence-electron chi connectivity index (χ0n) is 4.80. The molecule has 0 aliphatic rings. The maximum absolute atomic E-state index is 9.62. The van der Waals surface area contributed by atoms with E-state index in [2.05, 4.69) is 6.58 Å². The van der Waals surface area contributed by atoms with Crippen LogP contribution in [0, 0.1) is 0 Å². The first kappa shape index (κ1) is 7.37. The van der Waals surface area contributed by atoms with E-state index in [-0.39, 0.29) is 6.61 Å². The number of rotatable bonds is 5. The molecule has 0 saturated heterocycles. The summed E-state index contributed by atoms with van der Waals surface area (Å²) in [5, 5.41) is 0. The highest BCUT2D eigenvalue weighted by molar-refractivity contribution is 5.50. The van der Waals surface area contributed by atoms with Gasteiger partial charge in [-0.25, -0.2) is 0 Å². The Bertz CT molecular complexity index is 58.9. The summed E-state index contributed by atoms with van der Waals surface area (Å²) < 4.78 is 4.78. The average Bonchev–Trinajstić information content (AvgIpc) is 1.81. The highest BCUT2D eigenvalue weighted by Gasteiger charge is 1.79. The predicted octanol–water partition coefficient (Wildman–Crippen LogP) is 0.778. The molecule has 0 rings (SSSR count). The Hall–Kier alpha value is -0.630. The van der Waals surface area contributed by atoms with Crippen molar-refractivity contribution in [2.24, 2.45) is 0 Å². The average molecular weight is 114 g/mol. The minimum absolute atomic E-state index is 0.202. The van der Waals surface area contributed by atoms with Crippen LogP contribution in [0.3, 0.4) is 0 Å². The van der Waals surface area contributed by atoms with Crippen LogP contribution in [0.5, 0.6) is 0 Å². The molecule has 0 aromatic heterocycles. The molecule has 0 aromatic rings. The van der Waals surface area contributed by atoms with Gasteiger partial charge in [0.05, 0.1) is 6.61 Å². The van der Waals surface area contributed by atoms with Crippen LogP contribution in [0.1, 0.15) is 6.42 Å². The molecule has 2 heteroatoms. The highest BCUT2D eigenvalue weighted by Crippen LogP contribution is 1.79. The van der Waals surface area contributed by atoms with Gasteiger partial charge in [0.15, 0.2) is 0 Å². The molecule has 0 aliphatic carbocycles. The number of carbonyl (C=O) groups excluding carboxylic acids is 1. The van der Waals surface area contributed by atoms with Gasteiger partial charge in [0.25, 0.3) is 0 Å². The molecule has 46 valence electrons. The van der Waals surface area contributed by atoms with Gasteiger partial charge in [-0.2, -0.15) is 0 Å². The molecule has 0 N–H and O–H groups in total. The van der Waals surface area contributed by atoms with E-state index in [1.165, 1.54) is 0 Å². The number of aldehydes is 1. The fourth-order valence-electron chi connectivity index (χ4n) is 0.298. The smallest absolute Gasteiger partial charge is 0.145 e. The lowest BCUT2D eigenvalue weighted by molar-refractivity contribution is -0.111. The van der Waals surface area contributed by atoms with Gasteiger partial charge in [-0.15, -0.1) is 6.58 Å². The van der Waals surface area contributed by atoms with Crippen molar-refractivity contribution in [1.29, 1.82) is 0 Å². The number of ether oxygens (including phenoxy) is 1. The van der Waals surface area contributed by atoms with E-state index in [9.17, 15) is 4.79 Å². The van der Waals surface area contributed by atoms with Gasteiger partial charge in [0, 0.05) is 0 Å². The van der Waals surface area contributed by atoms with Crippen molar-refractivity contribution in [3.05, 3.63) is 12.7 Å². The molecule has 0 bridgehead atoms. The van der Waals surface area contributed by atoms with E-state index in [0.29, 0.717) is 6.61 Å². The third kappa shape index (κ3) is 5.37. The van der Waals surface area contributed by atoms with Crippen LogP contribution >= 0.6 is 0 Å². The second kappa shape index (κ2) is 6.37. The molecule has 0 spiro atoms. The summed E-state index contributed by atoms with van der Waals surface area (Å²) in [4.78, 5) is 9.62. The van der Waals surface area contributed by atoms with Gasteiger partial charge < -0.3 is 9.53 Å². The van der Waals surface area contributed by atoms with Crippen molar-refractivity contribution in [2.75, 3.05) is 13.2 Å². The van der Waals surface area contributed by atoms with E-state index < -0.39 is 0 Å². The fourth-order valence-corrected chi connectivity index (χ4v) is 0.298. The molecule has 0 aliphatic heterocycles. The summed E-state index contributed by atoms with van der Waals surface area (Å²) in [7, 11) is 0. The quantitative estimate of drug-likeness (QED) is 0.300. The topological polar surface area (TPSA) is 26.3 Å². The first-order valence-electron chi connectivity index (χ1n) is 2.54. The largest absolute Gasteiger partial charge is 0.374 e. The summed E-state index contributed by atoms with van der Waals surface area (Å²) in [5.74, 6) is 0. The Morgan fingerprint density at radius 1 is 1.62 bits per heavy atom. The zero-order valence-corrected chi connectivity index (χ0v) is 4.80. The van der Waals surface area contributed by atoms with E-state index in [4.69, 9.17) is 4.74 Å². The number of carbonyl (C=O) groups is 1. The normalized spacial score (nSPS) is 8.50. The number of hydrogen-bond donors (Lipinski definition) is 0. The standard InChI is InChI=1S/C6H10O2/c1-2-3-5-8-6-4-7/h2,4H,1,3,5-6H2. The van der Waals surface area contributed by atoms with Crippen molar-refractivity contribution in [3.63, 3.8) is 0 Å². The van der Waals surface area contributed by atoms with Crippen molar-refractivity contribution < 1.29 is 9.53 Å². The Kier molecular flexibility index (Phi) is 5.87. The summed E-state index contributed by atoms with van der Waals surface area (Å²) >= 11 is 0. The minimum Gasteiger partial charge on any atom is -0.374 e. The second-order valence-corrected chi connectivity index (χ2v) is 1.32. The zero-order chi connectivity index (χ0) is 6.24. The Balaban J connectivity index is 2.71. The van der Waals surface area contributed by atoms with E-state index >= 15 is 0 Å². The first-order chi connectivity index (χ1) is 3.91. The third-order valence-corrected chi connectivity index (χ3v) is 0.652. The maximum Gasteiger partial charge on any atom is 0.145 e. The lowest BCUT2D eigenvalue weighted by Gasteiger charge is -1.92. The van der Waals surface area contributed by atoms with Gasteiger partial charge in [-0.05, 0) is 6.42 Å². The van der Waals surface area contributed by atoms with Crippen molar-refractivity contribution in [1.82, 2.24) is 0 Å². The second-order valence-electron chi connectivity index (χ2n) is 1.32. The van der Waals surface area contributed by atoms with Crippen molar-refractivity contribution in [3.8, 4) is 0 Å². The molecule has 0 atom stereocenters. The maximum atomic E-state index is 9.62. The van der Waals surface area contributed by atoms with Crippen LogP contribution < -0.4 is 0 Å². The molecule has 0 amide bonds. The van der Waals surface area contributed by atoms with E-state index in [1.54, 1.807) is 6.08 Å². The van der Waals surface area contributed by atoms with Gasteiger partial charge >= 0.3 is 0 Å². The summed E-state index contributed by atoms with van der Waals surface area (Å²) in [5.41, 5.74) is 0. The van der Waals surface area contributed by atoms with Gasteiger partial charge in [-0.1, -0.05) is 6.08 Å². The molecule has 0 radical (unpaired) electrons. The molecule has 2 nitrogen and oxygen atoms in total. The van der Waals surface area contributed by atoms with E-state index in [0.717, 1.165) is 12.7 Å². The highest BCUT2D eigenvalue weighted by atomic mass is 16.5. The molecule has 8 heavy (non-hydrogen) atoms. The molecule has 0 heterocycles. The summed E-state index contributed by atoms with van der Waals surface area (Å²) in [6.45, 7) is 4.29. The molecule has 0 fully saturated rings. The molecule has 0 saturated carbocycles. The van der Waals surface area contributed by atoms with Crippen LogP contribution in [0.25, 0.3) is 0 Å². The van der Waals surface area contributed by atoms with Crippen molar-refractivity contribution >= 4 is 6.29 Å². The van der Waals surface area contributed by atoms with Gasteiger partial charge in [-0.3, -0.25) is 0 Å². The Morgan fingerprint density at radius 3 is 2.88 bits per heavy atom. The molecular formula is C6H10O2. The molecule has 0 unspecified atom stereocenters. The van der Waals surface area contributed by atoms with Crippen LogP contribution in [0.15, 0.2) is 12.7 Å². The molecular weight excluding hydrogens is 104 g/mol. The number of hydrogen-bond acceptors (Lipinski definition) is 2. The fraction of sp³-hybridized carbons (Fsp3) is 0.500. The Morgan fingerprint density at radius 2 is 2.38 bits per heavy atom. The van der Waals surface area contributed by atoms with Crippen LogP contribution in [0.4, 0.5) is 0 Å². The summed E-state index contributed by atoms with van der Waals surface area (Å²) in [6.07, 6.45) is 3.31. The lowest BCUT2D eigenvalue weighted by Crippen LogP contribution is -1.95. The van der Waals surface area contributed by atoms with Gasteiger partial charge in [0.1, 0.15) is 12.9 Å². The van der Waals surface area contributed by atoms with Gasteiger partial charge in [0.2, 0.25) is 0 Å². The lowest BCUT2D eigenvalue weighted by atomic mass is 10.5. The van der Waals surface area contributed by atoms with Crippen LogP contribution in [-0.2, 0) is 9.53 Å². The predicted molar refractivity (Wildman–Crippen MR) is 31.7 cm³/mol. The van der Waals surface area contributed by atoms with Crippen molar-refractivity contribution in [2.45, 2.75) is 6.42 Å². The van der Waals surface area contributed by atoms with E-state index in [1.807, 2.05) is 0 Å². The minimum atomic E-state index is 0.202. The monoisotopic (exact) mass is 114 g/mol. The summed E-state index contributed by atoms with van der Waals surface area (Å²) in [6, 6.07) is 0. The SMILES string of the molecule is C=CCCOCC=O. The first-order valence-corrected chi connectivity index (χ1v) is 2.54. The van der Waals surface area contributed by atoms with Crippen LogP contribution in [0.2, 0.25) is 0 Å².